The maximum Gasteiger partial charge on any atom is 0.410 e. The standard InChI is InChI=1S/C15H23N3O3/c1-14(2,3)20-13(19)18-8-10(9-18)7-11-16-12(17-21-11)15(4)5-6-15/h10H,5-9H2,1-4H3. The van der Waals surface area contributed by atoms with E-state index in [0.29, 0.717) is 24.9 Å². The average Bonchev–Trinajstić information content (AvgIpc) is 2.87. The van der Waals surface area contributed by atoms with Crippen molar-refractivity contribution in [2.45, 2.75) is 58.0 Å². The van der Waals surface area contributed by atoms with Gasteiger partial charge < -0.3 is 14.2 Å². The van der Waals surface area contributed by atoms with E-state index in [2.05, 4.69) is 17.1 Å². The van der Waals surface area contributed by atoms with Crippen LogP contribution in [0.3, 0.4) is 0 Å². The van der Waals surface area contributed by atoms with Crippen LogP contribution in [-0.4, -0.2) is 39.8 Å². The highest BCUT2D eigenvalue weighted by atomic mass is 16.6. The van der Waals surface area contributed by atoms with Crippen molar-refractivity contribution < 1.29 is 14.1 Å². The summed E-state index contributed by atoms with van der Waals surface area (Å²) < 4.78 is 10.7. The molecule has 1 aliphatic heterocycles. The molecule has 0 unspecified atom stereocenters. The van der Waals surface area contributed by atoms with Crippen LogP contribution in [0.5, 0.6) is 0 Å². The Bertz CT molecular complexity index is 537. The number of amides is 1. The molecule has 1 saturated carbocycles. The van der Waals surface area contributed by atoms with Gasteiger partial charge >= 0.3 is 6.09 Å². The van der Waals surface area contributed by atoms with Gasteiger partial charge in [0.05, 0.1) is 0 Å². The molecule has 0 aromatic carbocycles. The van der Waals surface area contributed by atoms with Gasteiger partial charge in [-0.05, 0) is 33.6 Å². The first-order chi connectivity index (χ1) is 9.75. The Morgan fingerprint density at radius 1 is 1.43 bits per heavy atom. The lowest BCUT2D eigenvalue weighted by molar-refractivity contribution is -0.00186. The molecule has 116 valence electrons. The Morgan fingerprint density at radius 2 is 2.10 bits per heavy atom. The highest BCUT2D eigenvalue weighted by molar-refractivity contribution is 5.69. The molecule has 0 radical (unpaired) electrons. The highest BCUT2D eigenvalue weighted by Crippen LogP contribution is 2.46. The third-order valence-electron chi connectivity index (χ3n) is 4.08. The van der Waals surface area contributed by atoms with Crippen molar-refractivity contribution in [3.63, 3.8) is 0 Å². The van der Waals surface area contributed by atoms with Crippen molar-refractivity contribution in [2.75, 3.05) is 13.1 Å². The lowest BCUT2D eigenvalue weighted by Crippen LogP contribution is -2.52. The molecular weight excluding hydrogens is 270 g/mol. The summed E-state index contributed by atoms with van der Waals surface area (Å²) in [5.74, 6) is 1.91. The van der Waals surface area contributed by atoms with Crippen LogP contribution in [0, 0.1) is 5.92 Å². The zero-order chi connectivity index (χ0) is 15.3. The lowest BCUT2D eigenvalue weighted by Gasteiger charge is -2.39. The number of rotatable bonds is 3. The zero-order valence-electron chi connectivity index (χ0n) is 13.2. The first-order valence-corrected chi connectivity index (χ1v) is 7.56. The summed E-state index contributed by atoms with van der Waals surface area (Å²) in [4.78, 5) is 18.0. The Morgan fingerprint density at radius 3 is 2.67 bits per heavy atom. The van der Waals surface area contributed by atoms with Crippen molar-refractivity contribution in [1.82, 2.24) is 15.0 Å². The van der Waals surface area contributed by atoms with Gasteiger partial charge in [0.2, 0.25) is 5.89 Å². The summed E-state index contributed by atoms with van der Waals surface area (Å²) in [6, 6.07) is 0. The first kappa shape index (κ1) is 14.4. The van der Waals surface area contributed by atoms with Crippen LogP contribution in [-0.2, 0) is 16.6 Å². The number of hydrogen-bond acceptors (Lipinski definition) is 5. The molecule has 2 aliphatic rings. The van der Waals surface area contributed by atoms with Crippen LogP contribution in [0.2, 0.25) is 0 Å². The van der Waals surface area contributed by atoms with Gasteiger partial charge in [0.1, 0.15) is 5.60 Å². The van der Waals surface area contributed by atoms with E-state index < -0.39 is 5.60 Å². The maximum absolute atomic E-state index is 11.8. The summed E-state index contributed by atoms with van der Waals surface area (Å²) in [5, 5.41) is 4.07. The van der Waals surface area contributed by atoms with E-state index in [9.17, 15) is 4.79 Å². The summed E-state index contributed by atoms with van der Waals surface area (Å²) >= 11 is 0. The van der Waals surface area contributed by atoms with Gasteiger partial charge in [-0.2, -0.15) is 4.98 Å². The van der Waals surface area contributed by atoms with Gasteiger partial charge in [-0.3, -0.25) is 0 Å². The van der Waals surface area contributed by atoms with Crippen LogP contribution in [0.4, 0.5) is 4.79 Å². The molecule has 3 rings (SSSR count). The van der Waals surface area contributed by atoms with Gasteiger partial charge in [0.15, 0.2) is 5.82 Å². The molecule has 2 heterocycles. The smallest absolute Gasteiger partial charge is 0.410 e. The molecule has 1 aromatic heterocycles. The highest BCUT2D eigenvalue weighted by Gasteiger charge is 2.44. The second-order valence-electron chi connectivity index (χ2n) is 7.53. The number of ether oxygens (including phenoxy) is 1. The van der Waals surface area contributed by atoms with E-state index in [-0.39, 0.29) is 11.5 Å². The molecular formula is C15H23N3O3. The normalized spacial score (nSPS) is 21.0. The van der Waals surface area contributed by atoms with E-state index in [0.717, 1.165) is 25.1 Å². The predicted octanol–water partition coefficient (Wildman–Crippen LogP) is 2.53. The fraction of sp³-hybridized carbons (Fsp3) is 0.800. The molecule has 6 heteroatoms. The molecule has 1 aliphatic carbocycles. The zero-order valence-corrected chi connectivity index (χ0v) is 13.2. The third kappa shape index (κ3) is 3.19. The molecule has 2 fully saturated rings. The molecule has 0 bridgehead atoms. The largest absolute Gasteiger partial charge is 0.444 e. The van der Waals surface area contributed by atoms with Gasteiger partial charge in [-0.15, -0.1) is 0 Å². The predicted molar refractivity (Wildman–Crippen MR) is 75.9 cm³/mol. The molecule has 1 amide bonds. The molecule has 6 nitrogen and oxygen atoms in total. The van der Waals surface area contributed by atoms with Crippen molar-refractivity contribution in [2.24, 2.45) is 5.92 Å². The fourth-order valence-corrected chi connectivity index (χ4v) is 2.42. The van der Waals surface area contributed by atoms with Crippen LogP contribution in [0.15, 0.2) is 4.52 Å². The molecule has 1 saturated heterocycles. The summed E-state index contributed by atoms with van der Waals surface area (Å²) in [5.41, 5.74) is -0.298. The number of hydrogen-bond donors (Lipinski definition) is 0. The summed E-state index contributed by atoms with van der Waals surface area (Å²) in [6.07, 6.45) is 2.78. The fourth-order valence-electron chi connectivity index (χ4n) is 2.42. The minimum atomic E-state index is -0.441. The van der Waals surface area contributed by atoms with Crippen LogP contribution in [0.25, 0.3) is 0 Å². The van der Waals surface area contributed by atoms with Crippen molar-refractivity contribution in [3.8, 4) is 0 Å². The monoisotopic (exact) mass is 293 g/mol. The Balaban J connectivity index is 1.47. The number of likely N-dealkylation sites (tertiary alicyclic amines) is 1. The molecule has 0 atom stereocenters. The van der Waals surface area contributed by atoms with Crippen molar-refractivity contribution in [1.29, 1.82) is 0 Å². The van der Waals surface area contributed by atoms with E-state index in [4.69, 9.17) is 9.26 Å². The Labute approximate surface area is 124 Å². The molecule has 1 aromatic rings. The van der Waals surface area contributed by atoms with E-state index in [1.807, 2.05) is 20.8 Å². The number of carbonyl (C=O) groups excluding carboxylic acids is 1. The van der Waals surface area contributed by atoms with Crippen molar-refractivity contribution >= 4 is 6.09 Å². The topological polar surface area (TPSA) is 68.5 Å². The minimum Gasteiger partial charge on any atom is -0.444 e. The van der Waals surface area contributed by atoms with Gasteiger partial charge in [0.25, 0.3) is 0 Å². The molecule has 0 spiro atoms. The van der Waals surface area contributed by atoms with Gasteiger partial charge in [0, 0.05) is 30.8 Å². The van der Waals surface area contributed by atoms with Gasteiger partial charge in [-0.1, -0.05) is 12.1 Å². The average molecular weight is 293 g/mol. The second-order valence-corrected chi connectivity index (χ2v) is 7.53. The summed E-state index contributed by atoms with van der Waals surface area (Å²) in [6.45, 7) is 9.19. The van der Waals surface area contributed by atoms with E-state index in [1.54, 1.807) is 4.90 Å². The molecule has 21 heavy (non-hydrogen) atoms. The SMILES string of the molecule is CC(C)(C)OC(=O)N1CC(Cc2nc(C3(C)CC3)no2)C1. The maximum atomic E-state index is 11.8. The Kier molecular flexibility index (Phi) is 3.22. The summed E-state index contributed by atoms with van der Waals surface area (Å²) in [7, 11) is 0. The number of carbonyl (C=O) groups is 1. The minimum absolute atomic E-state index is 0.143. The van der Waals surface area contributed by atoms with Crippen molar-refractivity contribution in [3.05, 3.63) is 11.7 Å². The third-order valence-corrected chi connectivity index (χ3v) is 4.08. The van der Waals surface area contributed by atoms with Crippen LogP contribution < -0.4 is 0 Å². The quantitative estimate of drug-likeness (QED) is 0.856. The Hall–Kier alpha value is -1.59. The first-order valence-electron chi connectivity index (χ1n) is 7.56. The van der Waals surface area contributed by atoms with E-state index >= 15 is 0 Å². The van der Waals surface area contributed by atoms with E-state index in [1.165, 1.54) is 0 Å². The number of aromatic nitrogens is 2. The van der Waals surface area contributed by atoms with Crippen LogP contribution in [0.1, 0.15) is 52.3 Å². The molecule has 0 N–H and O–H groups in total. The van der Waals surface area contributed by atoms with Gasteiger partial charge in [-0.25, -0.2) is 4.79 Å². The number of nitrogens with zero attached hydrogens (tertiary/aromatic N) is 3. The van der Waals surface area contributed by atoms with Crippen LogP contribution >= 0.6 is 0 Å². The second kappa shape index (κ2) is 4.71. The lowest BCUT2D eigenvalue weighted by atomic mass is 9.97.